The second-order valence-corrected chi connectivity index (χ2v) is 6.62. The number of hydrogen-bond acceptors (Lipinski definition) is 4. The van der Waals surface area contributed by atoms with E-state index in [0.717, 1.165) is 32.1 Å². The molecule has 1 aliphatic rings. The highest BCUT2D eigenvalue weighted by Gasteiger charge is 2.26. The Bertz CT molecular complexity index is 539. The Labute approximate surface area is 108 Å². The maximum absolute atomic E-state index is 11.8. The molecule has 1 unspecified atom stereocenters. The van der Waals surface area contributed by atoms with Crippen LogP contribution in [0.2, 0.25) is 0 Å². The highest BCUT2D eigenvalue weighted by atomic mass is 32.2. The third-order valence-electron chi connectivity index (χ3n) is 3.28. The lowest BCUT2D eigenvalue weighted by atomic mass is 10.0. The molecule has 0 aliphatic carbocycles. The van der Waals surface area contributed by atoms with E-state index < -0.39 is 9.84 Å². The van der Waals surface area contributed by atoms with Gasteiger partial charge < -0.3 is 9.69 Å². The summed E-state index contributed by atoms with van der Waals surface area (Å²) in [4.78, 5) is 13.3. The number of benzene rings is 1. The standard InChI is InChI=1S/C13H17NO3S/c1-18(16,17)13-8-3-2-7-12(13)14-9-5-4-6-11(14)10-15/h2-3,7-8,10-11H,4-6,9H2,1H3. The van der Waals surface area contributed by atoms with Gasteiger partial charge in [0, 0.05) is 12.8 Å². The molecule has 1 aliphatic heterocycles. The van der Waals surface area contributed by atoms with Crippen LogP contribution >= 0.6 is 0 Å². The Kier molecular flexibility index (Phi) is 3.71. The van der Waals surface area contributed by atoms with Crippen LogP contribution in [0.25, 0.3) is 0 Å². The second kappa shape index (κ2) is 5.10. The molecule has 1 aromatic carbocycles. The number of sulfone groups is 1. The Morgan fingerprint density at radius 3 is 2.67 bits per heavy atom. The quantitative estimate of drug-likeness (QED) is 0.781. The van der Waals surface area contributed by atoms with E-state index in [2.05, 4.69) is 0 Å². The lowest BCUT2D eigenvalue weighted by Crippen LogP contribution is -2.41. The van der Waals surface area contributed by atoms with E-state index in [1.54, 1.807) is 24.3 Å². The van der Waals surface area contributed by atoms with E-state index in [1.807, 2.05) is 4.90 Å². The third kappa shape index (κ3) is 2.56. The Hall–Kier alpha value is -1.36. The highest BCUT2D eigenvalue weighted by Crippen LogP contribution is 2.29. The first-order chi connectivity index (χ1) is 8.54. The number of nitrogens with zero attached hydrogens (tertiary/aromatic N) is 1. The van der Waals surface area contributed by atoms with Crippen molar-refractivity contribution in [1.29, 1.82) is 0 Å². The van der Waals surface area contributed by atoms with Gasteiger partial charge in [-0.25, -0.2) is 8.42 Å². The predicted molar refractivity (Wildman–Crippen MR) is 70.6 cm³/mol. The van der Waals surface area contributed by atoms with Gasteiger partial charge in [-0.3, -0.25) is 0 Å². The molecule has 0 saturated carbocycles. The summed E-state index contributed by atoms with van der Waals surface area (Å²) in [5.74, 6) is 0. The van der Waals surface area contributed by atoms with Crippen LogP contribution in [0, 0.1) is 0 Å². The fourth-order valence-corrected chi connectivity index (χ4v) is 3.30. The molecule has 0 radical (unpaired) electrons. The van der Waals surface area contributed by atoms with Crippen molar-refractivity contribution in [2.24, 2.45) is 0 Å². The molecule has 1 heterocycles. The zero-order valence-corrected chi connectivity index (χ0v) is 11.2. The number of carbonyl (C=O) groups is 1. The first-order valence-electron chi connectivity index (χ1n) is 6.05. The molecule has 0 spiro atoms. The van der Waals surface area contributed by atoms with Crippen LogP contribution in [0.1, 0.15) is 19.3 Å². The molecule has 5 heteroatoms. The molecule has 4 nitrogen and oxygen atoms in total. The van der Waals surface area contributed by atoms with Crippen molar-refractivity contribution in [3.8, 4) is 0 Å². The molecular formula is C13H17NO3S. The summed E-state index contributed by atoms with van der Waals surface area (Å²) in [7, 11) is -3.27. The minimum absolute atomic E-state index is 0.207. The van der Waals surface area contributed by atoms with Crippen LogP contribution in [0.15, 0.2) is 29.2 Å². The van der Waals surface area contributed by atoms with Crippen molar-refractivity contribution in [3.05, 3.63) is 24.3 Å². The number of hydrogen-bond donors (Lipinski definition) is 0. The van der Waals surface area contributed by atoms with Gasteiger partial charge in [0.2, 0.25) is 0 Å². The van der Waals surface area contributed by atoms with E-state index in [0.29, 0.717) is 10.6 Å². The Morgan fingerprint density at radius 2 is 2.00 bits per heavy atom. The molecule has 0 amide bonds. The molecule has 98 valence electrons. The summed E-state index contributed by atoms with van der Waals surface area (Å²) >= 11 is 0. The normalized spacial score (nSPS) is 20.7. The number of rotatable bonds is 3. The summed E-state index contributed by atoms with van der Waals surface area (Å²) in [6.07, 6.45) is 4.91. The topological polar surface area (TPSA) is 54.5 Å². The molecule has 0 N–H and O–H groups in total. The van der Waals surface area contributed by atoms with Crippen molar-refractivity contribution >= 4 is 21.8 Å². The Morgan fingerprint density at radius 1 is 1.28 bits per heavy atom. The monoisotopic (exact) mass is 267 g/mol. The summed E-state index contributed by atoms with van der Waals surface area (Å²) in [5.41, 5.74) is 0.650. The van der Waals surface area contributed by atoms with Gasteiger partial charge in [-0.2, -0.15) is 0 Å². The summed E-state index contributed by atoms with van der Waals surface area (Å²) in [6.45, 7) is 0.732. The van der Waals surface area contributed by atoms with Gasteiger partial charge in [0.15, 0.2) is 9.84 Å². The third-order valence-corrected chi connectivity index (χ3v) is 4.42. The molecule has 0 aromatic heterocycles. The molecule has 1 fully saturated rings. The summed E-state index contributed by atoms with van der Waals surface area (Å²) in [5, 5.41) is 0. The zero-order chi connectivity index (χ0) is 13.2. The minimum atomic E-state index is -3.27. The van der Waals surface area contributed by atoms with Crippen molar-refractivity contribution in [2.75, 3.05) is 17.7 Å². The number of piperidine rings is 1. The molecule has 18 heavy (non-hydrogen) atoms. The second-order valence-electron chi connectivity index (χ2n) is 4.63. The van der Waals surface area contributed by atoms with Gasteiger partial charge in [0.1, 0.15) is 6.29 Å². The van der Waals surface area contributed by atoms with Crippen LogP contribution < -0.4 is 4.90 Å². The lowest BCUT2D eigenvalue weighted by molar-refractivity contribution is -0.109. The summed E-state index contributed by atoms with van der Waals surface area (Å²) < 4.78 is 23.6. The van der Waals surface area contributed by atoms with Crippen molar-refractivity contribution < 1.29 is 13.2 Å². The van der Waals surface area contributed by atoms with Crippen LogP contribution in [0.4, 0.5) is 5.69 Å². The van der Waals surface area contributed by atoms with Gasteiger partial charge in [-0.15, -0.1) is 0 Å². The van der Waals surface area contributed by atoms with E-state index in [4.69, 9.17) is 0 Å². The summed E-state index contributed by atoms with van der Waals surface area (Å²) in [6, 6.07) is 6.68. The van der Waals surface area contributed by atoms with E-state index in [9.17, 15) is 13.2 Å². The van der Waals surface area contributed by atoms with Gasteiger partial charge >= 0.3 is 0 Å². The molecule has 1 aromatic rings. The SMILES string of the molecule is CS(=O)(=O)c1ccccc1N1CCCCC1C=O. The predicted octanol–water partition coefficient (Wildman–Crippen LogP) is 1.65. The molecule has 1 atom stereocenters. The number of carbonyl (C=O) groups excluding carboxylic acids is 1. The van der Waals surface area contributed by atoms with E-state index in [1.165, 1.54) is 6.26 Å². The van der Waals surface area contributed by atoms with Gasteiger partial charge in [-0.05, 0) is 31.4 Å². The molecule has 1 saturated heterocycles. The first-order valence-corrected chi connectivity index (χ1v) is 7.94. The minimum Gasteiger partial charge on any atom is -0.361 e. The average molecular weight is 267 g/mol. The maximum Gasteiger partial charge on any atom is 0.177 e. The average Bonchev–Trinajstić information content (AvgIpc) is 2.37. The number of para-hydroxylation sites is 1. The van der Waals surface area contributed by atoms with Crippen LogP contribution in [0.3, 0.4) is 0 Å². The fourth-order valence-electron chi connectivity index (χ4n) is 2.41. The molecule has 0 bridgehead atoms. The van der Waals surface area contributed by atoms with Crippen molar-refractivity contribution in [1.82, 2.24) is 0 Å². The first kappa shape index (κ1) is 13.1. The fraction of sp³-hybridized carbons (Fsp3) is 0.462. The van der Waals surface area contributed by atoms with Gasteiger partial charge in [0.05, 0.1) is 16.6 Å². The van der Waals surface area contributed by atoms with Gasteiger partial charge in [0.25, 0.3) is 0 Å². The van der Waals surface area contributed by atoms with Crippen molar-refractivity contribution in [3.63, 3.8) is 0 Å². The van der Waals surface area contributed by atoms with Crippen LogP contribution in [-0.4, -0.2) is 33.5 Å². The zero-order valence-electron chi connectivity index (χ0n) is 10.4. The lowest BCUT2D eigenvalue weighted by Gasteiger charge is -2.35. The molecular weight excluding hydrogens is 250 g/mol. The molecule has 2 rings (SSSR count). The maximum atomic E-state index is 11.8. The van der Waals surface area contributed by atoms with Crippen molar-refractivity contribution in [2.45, 2.75) is 30.2 Å². The number of aldehydes is 1. The number of anilines is 1. The highest BCUT2D eigenvalue weighted by molar-refractivity contribution is 7.90. The van der Waals surface area contributed by atoms with Crippen LogP contribution in [-0.2, 0) is 14.6 Å². The van der Waals surface area contributed by atoms with Crippen LogP contribution in [0.5, 0.6) is 0 Å². The van der Waals surface area contributed by atoms with Gasteiger partial charge in [-0.1, -0.05) is 12.1 Å². The van der Waals surface area contributed by atoms with E-state index in [-0.39, 0.29) is 6.04 Å². The smallest absolute Gasteiger partial charge is 0.177 e. The Balaban J connectivity index is 2.47. The largest absolute Gasteiger partial charge is 0.361 e. The van der Waals surface area contributed by atoms with E-state index >= 15 is 0 Å².